The van der Waals surface area contributed by atoms with Crippen LogP contribution in [-0.4, -0.2) is 28.7 Å². The molecule has 0 saturated carbocycles. The quantitative estimate of drug-likeness (QED) is 0.943. The van der Waals surface area contributed by atoms with Gasteiger partial charge in [-0.25, -0.2) is 13.6 Å². The smallest absolute Gasteiger partial charge is 0.341 e. The van der Waals surface area contributed by atoms with Gasteiger partial charge in [0.1, 0.15) is 17.1 Å². The monoisotopic (exact) mass is 322 g/mol. The van der Waals surface area contributed by atoms with Crippen LogP contribution >= 0.6 is 0 Å². The molecule has 1 fully saturated rings. The molecular formula is C16H16F2N2O3. The first-order chi connectivity index (χ1) is 11.0. The molecule has 2 heterocycles. The van der Waals surface area contributed by atoms with E-state index in [1.807, 2.05) is 0 Å². The Bertz CT molecular complexity index is 855. The number of rotatable bonds is 3. The zero-order chi connectivity index (χ0) is 16.7. The van der Waals surface area contributed by atoms with Crippen molar-refractivity contribution in [1.82, 2.24) is 4.57 Å². The maximum absolute atomic E-state index is 15.0. The second kappa shape index (κ2) is 5.64. The van der Waals surface area contributed by atoms with E-state index in [2.05, 4.69) is 0 Å². The first-order valence-corrected chi connectivity index (χ1v) is 7.49. The van der Waals surface area contributed by atoms with Crippen molar-refractivity contribution in [3.63, 3.8) is 0 Å². The number of anilines is 1. The summed E-state index contributed by atoms with van der Waals surface area (Å²) in [7, 11) is 0. The van der Waals surface area contributed by atoms with Crippen molar-refractivity contribution >= 4 is 22.6 Å². The van der Waals surface area contributed by atoms with E-state index in [4.69, 9.17) is 5.11 Å². The molecular weight excluding hydrogens is 306 g/mol. The number of hydrogen-bond donors (Lipinski definition) is 1. The SMILES string of the molecule is CCn1cc(C(=O)O)c(=O)c2cc(F)c(N3CCCC3)c(F)c21. The van der Waals surface area contributed by atoms with Crippen molar-refractivity contribution < 1.29 is 18.7 Å². The van der Waals surface area contributed by atoms with Crippen LogP contribution in [0.2, 0.25) is 0 Å². The van der Waals surface area contributed by atoms with Gasteiger partial charge in [-0.1, -0.05) is 0 Å². The molecule has 5 nitrogen and oxygen atoms in total. The van der Waals surface area contributed by atoms with E-state index in [1.54, 1.807) is 11.8 Å². The molecule has 1 aliphatic heterocycles. The van der Waals surface area contributed by atoms with Gasteiger partial charge in [0.25, 0.3) is 0 Å². The second-order valence-corrected chi connectivity index (χ2v) is 5.57. The number of nitrogens with zero attached hydrogens (tertiary/aromatic N) is 2. The van der Waals surface area contributed by atoms with E-state index in [0.717, 1.165) is 25.1 Å². The van der Waals surface area contributed by atoms with Crippen LogP contribution in [0.15, 0.2) is 17.1 Å². The highest BCUT2D eigenvalue weighted by atomic mass is 19.1. The molecule has 3 rings (SSSR count). The maximum atomic E-state index is 15.0. The van der Waals surface area contributed by atoms with E-state index in [0.29, 0.717) is 13.1 Å². The van der Waals surface area contributed by atoms with E-state index < -0.39 is 28.6 Å². The number of aromatic nitrogens is 1. The summed E-state index contributed by atoms with van der Waals surface area (Å²) in [6, 6.07) is 0.951. The summed E-state index contributed by atoms with van der Waals surface area (Å²) in [5.41, 5.74) is -1.56. The number of fused-ring (bicyclic) bond motifs is 1. The third-order valence-electron chi connectivity index (χ3n) is 4.22. The minimum Gasteiger partial charge on any atom is -0.477 e. The molecule has 122 valence electrons. The van der Waals surface area contributed by atoms with Gasteiger partial charge in [0, 0.05) is 25.8 Å². The topological polar surface area (TPSA) is 62.5 Å². The molecule has 1 N–H and O–H groups in total. The molecule has 1 aromatic carbocycles. The summed E-state index contributed by atoms with van der Waals surface area (Å²) in [4.78, 5) is 25.0. The van der Waals surface area contributed by atoms with Crippen molar-refractivity contribution in [1.29, 1.82) is 0 Å². The van der Waals surface area contributed by atoms with E-state index in [1.165, 1.54) is 4.57 Å². The molecule has 0 bridgehead atoms. The highest BCUT2D eigenvalue weighted by molar-refractivity contribution is 5.93. The van der Waals surface area contributed by atoms with Crippen molar-refractivity contribution in [2.45, 2.75) is 26.3 Å². The lowest BCUT2D eigenvalue weighted by Crippen LogP contribution is -2.24. The Morgan fingerprint density at radius 3 is 2.52 bits per heavy atom. The molecule has 0 atom stereocenters. The highest BCUT2D eigenvalue weighted by Gasteiger charge is 2.26. The van der Waals surface area contributed by atoms with Gasteiger partial charge in [-0.15, -0.1) is 0 Å². The molecule has 0 spiro atoms. The average Bonchev–Trinajstić information content (AvgIpc) is 3.02. The first-order valence-electron chi connectivity index (χ1n) is 7.49. The molecule has 7 heteroatoms. The predicted octanol–water partition coefficient (Wildman–Crippen LogP) is 2.60. The van der Waals surface area contributed by atoms with E-state index in [-0.39, 0.29) is 23.1 Å². The van der Waals surface area contributed by atoms with Gasteiger partial charge < -0.3 is 14.6 Å². The molecule has 0 unspecified atom stereocenters. The van der Waals surface area contributed by atoms with Crippen LogP contribution in [0.25, 0.3) is 10.9 Å². The van der Waals surface area contributed by atoms with Crippen molar-refractivity contribution in [3.05, 3.63) is 39.7 Å². The van der Waals surface area contributed by atoms with Gasteiger partial charge in [0.2, 0.25) is 5.43 Å². The third-order valence-corrected chi connectivity index (χ3v) is 4.22. The molecule has 0 radical (unpaired) electrons. The molecule has 0 aliphatic carbocycles. The number of carboxylic acids is 1. The summed E-state index contributed by atoms with van der Waals surface area (Å²) < 4.78 is 30.7. The number of carboxylic acid groups (broad SMARTS) is 1. The van der Waals surface area contributed by atoms with Crippen molar-refractivity contribution in [2.75, 3.05) is 18.0 Å². The van der Waals surface area contributed by atoms with Crippen LogP contribution < -0.4 is 10.3 Å². The Balaban J connectivity index is 2.39. The van der Waals surface area contributed by atoms with Crippen LogP contribution in [0.5, 0.6) is 0 Å². The number of halogens is 2. The zero-order valence-corrected chi connectivity index (χ0v) is 12.6. The summed E-state index contributed by atoms with van der Waals surface area (Å²) >= 11 is 0. The number of aromatic carboxylic acids is 1. The van der Waals surface area contributed by atoms with Gasteiger partial charge in [-0.2, -0.15) is 0 Å². The van der Waals surface area contributed by atoms with Crippen molar-refractivity contribution in [2.24, 2.45) is 0 Å². The lowest BCUT2D eigenvalue weighted by atomic mass is 10.1. The average molecular weight is 322 g/mol. The minimum absolute atomic E-state index is 0.0502. The van der Waals surface area contributed by atoms with Crippen LogP contribution in [0.1, 0.15) is 30.1 Å². The predicted molar refractivity (Wildman–Crippen MR) is 82.2 cm³/mol. The van der Waals surface area contributed by atoms with Crippen LogP contribution in [0.4, 0.5) is 14.5 Å². The number of aryl methyl sites for hydroxylation is 1. The Kier molecular flexibility index (Phi) is 3.79. The van der Waals surface area contributed by atoms with Crippen LogP contribution in [-0.2, 0) is 6.54 Å². The fourth-order valence-corrected chi connectivity index (χ4v) is 3.11. The zero-order valence-electron chi connectivity index (χ0n) is 12.6. The number of benzene rings is 1. The Morgan fingerprint density at radius 1 is 1.30 bits per heavy atom. The Hall–Kier alpha value is -2.44. The summed E-state index contributed by atoms with van der Waals surface area (Å²) in [6.07, 6.45) is 2.83. The largest absolute Gasteiger partial charge is 0.477 e. The molecule has 1 saturated heterocycles. The number of pyridine rings is 1. The summed E-state index contributed by atoms with van der Waals surface area (Å²) in [5.74, 6) is -3.06. The van der Waals surface area contributed by atoms with Crippen LogP contribution in [0, 0.1) is 11.6 Å². The standard InChI is InChI=1S/C16H16F2N2O3/c1-2-19-8-10(16(22)23)15(21)9-7-11(17)14(12(18)13(9)19)20-5-3-4-6-20/h7-8H,2-6H2,1H3,(H,22,23). The normalized spacial score (nSPS) is 14.7. The summed E-state index contributed by atoms with van der Waals surface area (Å²) in [6.45, 7) is 3.08. The highest BCUT2D eigenvalue weighted by Crippen LogP contribution is 2.32. The van der Waals surface area contributed by atoms with Crippen LogP contribution in [0.3, 0.4) is 0 Å². The van der Waals surface area contributed by atoms with E-state index in [9.17, 15) is 18.4 Å². The van der Waals surface area contributed by atoms with Gasteiger partial charge in [0.15, 0.2) is 5.82 Å². The lowest BCUT2D eigenvalue weighted by molar-refractivity contribution is 0.0695. The number of hydrogen-bond acceptors (Lipinski definition) is 3. The van der Waals surface area contributed by atoms with E-state index >= 15 is 0 Å². The number of carbonyl (C=O) groups is 1. The minimum atomic E-state index is -1.41. The lowest BCUT2D eigenvalue weighted by Gasteiger charge is -2.21. The summed E-state index contributed by atoms with van der Waals surface area (Å²) in [5, 5.41) is 8.86. The fourth-order valence-electron chi connectivity index (χ4n) is 3.11. The van der Waals surface area contributed by atoms with Gasteiger partial charge in [-0.05, 0) is 25.8 Å². The fraction of sp³-hybridized carbons (Fsp3) is 0.375. The Labute approximate surface area is 130 Å². The van der Waals surface area contributed by atoms with Crippen molar-refractivity contribution in [3.8, 4) is 0 Å². The first kappa shape index (κ1) is 15.5. The molecule has 1 aromatic heterocycles. The Morgan fingerprint density at radius 2 is 1.96 bits per heavy atom. The molecule has 0 amide bonds. The molecule has 1 aliphatic rings. The molecule has 2 aromatic rings. The maximum Gasteiger partial charge on any atom is 0.341 e. The van der Waals surface area contributed by atoms with Gasteiger partial charge >= 0.3 is 5.97 Å². The third kappa shape index (κ3) is 2.36. The van der Waals surface area contributed by atoms with Gasteiger partial charge in [-0.3, -0.25) is 4.79 Å². The molecule has 23 heavy (non-hydrogen) atoms. The van der Waals surface area contributed by atoms with Gasteiger partial charge in [0.05, 0.1) is 10.9 Å². The second-order valence-electron chi connectivity index (χ2n) is 5.57.